The molecule has 27 heavy (non-hydrogen) atoms. The first-order valence-corrected chi connectivity index (χ1v) is 8.63. The molecule has 0 spiro atoms. The van der Waals surface area contributed by atoms with Crippen LogP contribution in [-0.2, 0) is 0 Å². The van der Waals surface area contributed by atoms with Gasteiger partial charge in [0, 0.05) is 6.07 Å². The quantitative estimate of drug-likeness (QED) is 0.224. The smallest absolute Gasteiger partial charge is 0.321 e. The number of rotatable bonds is 10. The Hall–Kier alpha value is -3.03. The SMILES string of the molecule is CC(C)=CCC/C(C)=C/CC/C(C)=N\Oc1ccc([N+](=O)[O-])cc1[N+](=O)[O-]. The highest BCUT2D eigenvalue weighted by molar-refractivity contribution is 5.81. The maximum Gasteiger partial charge on any atom is 0.321 e. The summed E-state index contributed by atoms with van der Waals surface area (Å²) in [4.78, 5) is 25.5. The lowest BCUT2D eigenvalue weighted by Crippen LogP contribution is -1.99. The Balaban J connectivity index is 2.65. The minimum absolute atomic E-state index is 0.126. The predicted octanol–water partition coefficient (Wildman–Crippen LogP) is 5.73. The van der Waals surface area contributed by atoms with Crippen molar-refractivity contribution in [1.82, 2.24) is 0 Å². The second-order valence-corrected chi connectivity index (χ2v) is 6.49. The maximum atomic E-state index is 11.1. The van der Waals surface area contributed by atoms with Gasteiger partial charge in [-0.05, 0) is 59.4 Å². The Morgan fingerprint density at radius 1 is 1.04 bits per heavy atom. The largest absolute Gasteiger partial charge is 0.350 e. The van der Waals surface area contributed by atoms with Crippen molar-refractivity contribution in [2.45, 2.75) is 53.4 Å². The molecule has 0 aliphatic heterocycles. The normalized spacial score (nSPS) is 11.9. The topological polar surface area (TPSA) is 108 Å². The summed E-state index contributed by atoms with van der Waals surface area (Å²) in [6.07, 6.45) is 7.82. The van der Waals surface area contributed by atoms with Gasteiger partial charge in [0.15, 0.2) is 0 Å². The molecule has 0 atom stereocenters. The average Bonchev–Trinajstić information content (AvgIpc) is 2.59. The summed E-state index contributed by atoms with van der Waals surface area (Å²) < 4.78 is 0. The molecule has 0 aliphatic rings. The van der Waals surface area contributed by atoms with Crippen LogP contribution in [0.25, 0.3) is 0 Å². The van der Waals surface area contributed by atoms with Crippen LogP contribution >= 0.6 is 0 Å². The average molecular weight is 375 g/mol. The van der Waals surface area contributed by atoms with Crippen molar-refractivity contribution in [3.8, 4) is 5.75 Å². The van der Waals surface area contributed by atoms with Gasteiger partial charge in [0.2, 0.25) is 5.75 Å². The molecule has 0 unspecified atom stereocenters. The molecule has 0 fully saturated rings. The van der Waals surface area contributed by atoms with E-state index in [1.165, 1.54) is 17.2 Å². The standard InChI is InChI=1S/C19H25N3O5/c1-14(2)7-5-8-15(3)9-6-10-16(4)20-27-19-12-11-17(21(23)24)13-18(19)22(25)26/h7,9,11-13H,5-6,8,10H2,1-4H3/b15-9+,20-16-. The summed E-state index contributed by atoms with van der Waals surface area (Å²) in [5.74, 6) is -0.126. The van der Waals surface area contributed by atoms with Crippen LogP contribution in [0.15, 0.2) is 46.7 Å². The molecule has 0 radical (unpaired) electrons. The molecule has 0 amide bonds. The van der Waals surface area contributed by atoms with E-state index in [0.29, 0.717) is 12.1 Å². The number of nitro benzene ring substituents is 2. The summed E-state index contributed by atoms with van der Waals surface area (Å²) >= 11 is 0. The van der Waals surface area contributed by atoms with Crippen LogP contribution < -0.4 is 4.84 Å². The van der Waals surface area contributed by atoms with Crippen LogP contribution in [0.2, 0.25) is 0 Å². The van der Waals surface area contributed by atoms with Crippen LogP contribution in [0.4, 0.5) is 11.4 Å². The van der Waals surface area contributed by atoms with Crippen LogP contribution in [0.1, 0.15) is 53.4 Å². The van der Waals surface area contributed by atoms with Gasteiger partial charge in [-0.25, -0.2) is 0 Å². The van der Waals surface area contributed by atoms with Gasteiger partial charge in [0.25, 0.3) is 5.69 Å². The molecular formula is C19H25N3O5. The number of non-ortho nitro benzene ring substituents is 1. The molecule has 1 aromatic rings. The van der Waals surface area contributed by atoms with Gasteiger partial charge < -0.3 is 4.84 Å². The third-order valence-electron chi connectivity index (χ3n) is 3.74. The van der Waals surface area contributed by atoms with Crippen molar-refractivity contribution in [2.24, 2.45) is 5.16 Å². The third-order valence-corrected chi connectivity index (χ3v) is 3.74. The van der Waals surface area contributed by atoms with Gasteiger partial charge in [0.1, 0.15) is 0 Å². The lowest BCUT2D eigenvalue weighted by molar-refractivity contribution is -0.394. The zero-order valence-corrected chi connectivity index (χ0v) is 16.1. The number of hydrogen-bond donors (Lipinski definition) is 0. The number of oxime groups is 1. The van der Waals surface area contributed by atoms with Crippen LogP contribution in [0.5, 0.6) is 5.75 Å². The molecule has 0 saturated carbocycles. The van der Waals surface area contributed by atoms with E-state index in [2.05, 4.69) is 38.1 Å². The summed E-state index contributed by atoms with van der Waals surface area (Å²) in [6, 6.07) is 3.19. The highest BCUT2D eigenvalue weighted by atomic mass is 16.7. The fraction of sp³-hybridized carbons (Fsp3) is 0.421. The number of nitrogens with zero attached hydrogens (tertiary/aromatic N) is 3. The van der Waals surface area contributed by atoms with Crippen LogP contribution in [-0.4, -0.2) is 15.6 Å². The molecule has 0 bridgehead atoms. The van der Waals surface area contributed by atoms with Gasteiger partial charge in [-0.1, -0.05) is 28.5 Å². The number of benzene rings is 1. The van der Waals surface area contributed by atoms with Crippen molar-refractivity contribution in [2.75, 3.05) is 0 Å². The van der Waals surface area contributed by atoms with Gasteiger partial charge in [-0.2, -0.15) is 0 Å². The summed E-state index contributed by atoms with van der Waals surface area (Å²) in [5, 5.41) is 25.7. The molecule has 146 valence electrons. The second-order valence-electron chi connectivity index (χ2n) is 6.49. The Bertz CT molecular complexity index is 778. The fourth-order valence-corrected chi connectivity index (χ4v) is 2.23. The van der Waals surface area contributed by atoms with Crippen molar-refractivity contribution in [3.63, 3.8) is 0 Å². The van der Waals surface area contributed by atoms with E-state index >= 15 is 0 Å². The minimum Gasteiger partial charge on any atom is -0.350 e. The highest BCUT2D eigenvalue weighted by Crippen LogP contribution is 2.31. The molecule has 1 rings (SSSR count). The summed E-state index contributed by atoms with van der Waals surface area (Å²) in [7, 11) is 0. The second kappa shape index (κ2) is 10.8. The van der Waals surface area contributed by atoms with E-state index < -0.39 is 15.5 Å². The lowest BCUT2D eigenvalue weighted by atomic mass is 10.1. The Kier molecular flexibility index (Phi) is 8.84. The summed E-state index contributed by atoms with van der Waals surface area (Å²) in [5.41, 5.74) is 2.42. The molecule has 0 heterocycles. The first-order chi connectivity index (χ1) is 12.7. The lowest BCUT2D eigenvalue weighted by Gasteiger charge is -2.03. The molecule has 0 aliphatic carbocycles. The maximum absolute atomic E-state index is 11.1. The van der Waals surface area contributed by atoms with Gasteiger partial charge in [-0.15, -0.1) is 0 Å². The molecule has 8 nitrogen and oxygen atoms in total. The monoisotopic (exact) mass is 375 g/mol. The molecule has 1 aromatic carbocycles. The Morgan fingerprint density at radius 3 is 2.30 bits per heavy atom. The minimum atomic E-state index is -0.730. The van der Waals surface area contributed by atoms with Crippen molar-refractivity contribution in [1.29, 1.82) is 0 Å². The van der Waals surface area contributed by atoms with E-state index in [-0.39, 0.29) is 11.4 Å². The molecule has 0 N–H and O–H groups in total. The first kappa shape index (κ1) is 22.0. The summed E-state index contributed by atoms with van der Waals surface area (Å²) in [6.45, 7) is 8.01. The Labute approximate surface area is 158 Å². The zero-order valence-electron chi connectivity index (χ0n) is 16.1. The Morgan fingerprint density at radius 2 is 1.70 bits per heavy atom. The van der Waals surface area contributed by atoms with E-state index in [1.807, 2.05) is 0 Å². The molecule has 0 saturated heterocycles. The van der Waals surface area contributed by atoms with E-state index in [1.54, 1.807) is 6.92 Å². The predicted molar refractivity (Wildman–Crippen MR) is 105 cm³/mol. The first-order valence-electron chi connectivity index (χ1n) is 8.63. The fourth-order valence-electron chi connectivity index (χ4n) is 2.23. The molecule has 8 heteroatoms. The highest BCUT2D eigenvalue weighted by Gasteiger charge is 2.21. The number of allylic oxidation sites excluding steroid dienone is 4. The third kappa shape index (κ3) is 8.26. The van der Waals surface area contributed by atoms with Crippen LogP contribution in [0, 0.1) is 20.2 Å². The van der Waals surface area contributed by atoms with Gasteiger partial charge in [-0.3, -0.25) is 20.2 Å². The molecular weight excluding hydrogens is 350 g/mol. The van der Waals surface area contributed by atoms with Crippen molar-refractivity contribution >= 4 is 17.1 Å². The van der Waals surface area contributed by atoms with Crippen molar-refractivity contribution in [3.05, 3.63) is 61.7 Å². The molecule has 0 aromatic heterocycles. The number of hydrogen-bond acceptors (Lipinski definition) is 6. The zero-order chi connectivity index (χ0) is 20.4. The van der Waals surface area contributed by atoms with E-state index in [9.17, 15) is 20.2 Å². The van der Waals surface area contributed by atoms with E-state index in [4.69, 9.17) is 4.84 Å². The van der Waals surface area contributed by atoms with E-state index in [0.717, 1.165) is 31.4 Å². The van der Waals surface area contributed by atoms with Gasteiger partial charge >= 0.3 is 5.69 Å². The number of nitro groups is 2. The van der Waals surface area contributed by atoms with Crippen LogP contribution in [0.3, 0.4) is 0 Å². The van der Waals surface area contributed by atoms with Crippen molar-refractivity contribution < 1.29 is 14.7 Å². The van der Waals surface area contributed by atoms with Gasteiger partial charge in [0.05, 0.1) is 21.6 Å².